The summed E-state index contributed by atoms with van der Waals surface area (Å²) in [6.07, 6.45) is 0. The Morgan fingerprint density at radius 3 is 0.645 bits per heavy atom. The summed E-state index contributed by atoms with van der Waals surface area (Å²) in [6.45, 7) is 0. The summed E-state index contributed by atoms with van der Waals surface area (Å²) in [4.78, 5) is -0.556. The average Bonchev–Trinajstić information content (AvgIpc) is 2.69. The summed E-state index contributed by atoms with van der Waals surface area (Å²) in [5.41, 5.74) is 0. The Labute approximate surface area is 191 Å². The van der Waals surface area contributed by atoms with Crippen molar-refractivity contribution in [1.29, 1.82) is 0 Å². The average molecular weight is 524 g/mol. The number of hydrogen-bond donors (Lipinski definition) is 0. The molecule has 0 amide bonds. The molecule has 0 spiro atoms. The van der Waals surface area contributed by atoms with Gasteiger partial charge >= 0.3 is 17.4 Å². The third-order valence-corrected chi connectivity index (χ3v) is 5.64. The van der Waals surface area contributed by atoms with Gasteiger partial charge in [0.15, 0.2) is 0 Å². The third-order valence-electron chi connectivity index (χ3n) is 3.10. The van der Waals surface area contributed by atoms with E-state index >= 15 is 0 Å². The van der Waals surface area contributed by atoms with Crippen LogP contribution in [0.2, 0.25) is 0 Å². The number of rotatable bonds is 3. The van der Waals surface area contributed by atoms with Gasteiger partial charge in [0.05, 0.1) is 14.7 Å². The van der Waals surface area contributed by atoms with Crippen LogP contribution >= 0.6 is 0 Å². The monoisotopic (exact) mass is 523 g/mol. The summed E-state index contributed by atoms with van der Waals surface area (Å²) in [6, 6.07) is 21.6. The maximum Gasteiger partial charge on any atom is 3.00 e. The maximum absolute atomic E-state index is 10.3. The van der Waals surface area contributed by atoms with Crippen molar-refractivity contribution >= 4 is 30.4 Å². The van der Waals surface area contributed by atoms with E-state index in [1.807, 2.05) is 0 Å². The normalized spacial score (nSPS) is 10.9. The van der Waals surface area contributed by atoms with E-state index in [4.69, 9.17) is 0 Å². The van der Waals surface area contributed by atoms with E-state index in [-0.39, 0.29) is 32.0 Å². The van der Waals surface area contributed by atoms with Crippen LogP contribution in [0, 0.1) is 0 Å². The van der Waals surface area contributed by atoms with Gasteiger partial charge in [0.2, 0.25) is 0 Å². The summed E-state index contributed by atoms with van der Waals surface area (Å²) in [5, 5.41) is 0. The molecule has 0 aromatic heterocycles. The second-order valence-corrected chi connectivity index (χ2v) is 9.44. The van der Waals surface area contributed by atoms with Gasteiger partial charge in [-0.15, -0.1) is 0 Å². The van der Waals surface area contributed by atoms with Crippen molar-refractivity contribution < 1.29 is 56.3 Å². The zero-order valence-corrected chi connectivity index (χ0v) is 19.2. The minimum absolute atomic E-state index is 0. The van der Waals surface area contributed by atoms with E-state index in [9.17, 15) is 38.9 Å². The molecule has 1 radical (unpaired) electrons. The van der Waals surface area contributed by atoms with Crippen LogP contribution in [0.3, 0.4) is 0 Å². The van der Waals surface area contributed by atoms with Crippen LogP contribution in [-0.2, 0) is 47.7 Å². The number of hydrogen-bond acceptors (Lipinski definition) is 9. The first-order valence-corrected chi connectivity index (χ1v) is 12.1. The third kappa shape index (κ3) is 11.8. The quantitative estimate of drug-likeness (QED) is 0.464. The topological polar surface area (TPSA) is 172 Å². The van der Waals surface area contributed by atoms with Crippen LogP contribution in [0.15, 0.2) is 106 Å². The zero-order valence-electron chi connectivity index (χ0n) is 15.5. The Morgan fingerprint density at radius 2 is 0.548 bits per heavy atom. The van der Waals surface area contributed by atoms with Crippen molar-refractivity contribution in [3.63, 3.8) is 0 Å². The van der Waals surface area contributed by atoms with Crippen LogP contribution in [0.1, 0.15) is 0 Å². The Hall–Kier alpha value is -2.08. The molecule has 3 rings (SSSR count). The van der Waals surface area contributed by atoms with Crippen LogP contribution in [0.5, 0.6) is 0 Å². The summed E-state index contributed by atoms with van der Waals surface area (Å²) >= 11 is 0. The van der Waals surface area contributed by atoms with Crippen molar-refractivity contribution in [1.82, 2.24) is 0 Å². The molecule has 0 aliphatic carbocycles. The van der Waals surface area contributed by atoms with Crippen molar-refractivity contribution in [3.05, 3.63) is 91.0 Å². The molecule has 0 fully saturated rings. The van der Waals surface area contributed by atoms with Crippen molar-refractivity contribution in [3.8, 4) is 0 Å². The van der Waals surface area contributed by atoms with E-state index in [0.29, 0.717) is 0 Å². The van der Waals surface area contributed by atoms with Crippen molar-refractivity contribution in [2.24, 2.45) is 0 Å². The molecule has 0 heterocycles. The molecule has 0 atom stereocenters. The van der Waals surface area contributed by atoms with E-state index in [2.05, 4.69) is 0 Å². The van der Waals surface area contributed by atoms with Crippen LogP contribution in [0.4, 0.5) is 0 Å². The molecule has 0 unspecified atom stereocenters. The standard InChI is InChI=1S/3C6H6O3S.Cr/c3*7-10(8,9)6-4-2-1-3-5-6;/h3*1-5H,(H,7,8,9);/q;;;+3/p-3. The largest absolute Gasteiger partial charge is 3.00 e. The van der Waals surface area contributed by atoms with Crippen molar-refractivity contribution in [2.75, 3.05) is 0 Å². The van der Waals surface area contributed by atoms with Gasteiger partial charge in [-0.05, 0) is 36.4 Å². The van der Waals surface area contributed by atoms with Crippen LogP contribution in [-0.4, -0.2) is 38.9 Å². The molecular formula is C18H15CrO9S3. The minimum atomic E-state index is -4.25. The molecule has 0 aliphatic heterocycles. The molecule has 3 aromatic rings. The van der Waals surface area contributed by atoms with Gasteiger partial charge < -0.3 is 13.7 Å². The first kappa shape index (κ1) is 28.9. The molecule has 3 aromatic carbocycles. The van der Waals surface area contributed by atoms with Gasteiger partial charge in [-0.25, -0.2) is 25.3 Å². The fraction of sp³-hybridized carbons (Fsp3) is 0. The van der Waals surface area contributed by atoms with Gasteiger partial charge in [-0.2, -0.15) is 0 Å². The first-order chi connectivity index (χ1) is 13.8. The van der Waals surface area contributed by atoms with Gasteiger partial charge in [0.25, 0.3) is 0 Å². The zero-order chi connectivity index (χ0) is 22.8. The smallest absolute Gasteiger partial charge is 0.744 e. The molecule has 0 N–H and O–H groups in total. The summed E-state index contributed by atoms with van der Waals surface area (Å²) < 4.78 is 92.5. The van der Waals surface area contributed by atoms with E-state index in [1.54, 1.807) is 18.2 Å². The summed E-state index contributed by atoms with van der Waals surface area (Å²) in [5.74, 6) is 0. The van der Waals surface area contributed by atoms with Gasteiger partial charge in [0, 0.05) is 0 Å². The first-order valence-electron chi connectivity index (χ1n) is 7.84. The molecule has 0 bridgehead atoms. The molecule has 31 heavy (non-hydrogen) atoms. The predicted octanol–water partition coefficient (Wildman–Crippen LogP) is 1.77. The molecule has 0 aliphatic rings. The molecule has 9 nitrogen and oxygen atoms in total. The van der Waals surface area contributed by atoms with E-state index in [0.717, 1.165) is 0 Å². The van der Waals surface area contributed by atoms with Gasteiger partial charge in [0.1, 0.15) is 30.4 Å². The Morgan fingerprint density at radius 1 is 0.387 bits per heavy atom. The second-order valence-electron chi connectivity index (χ2n) is 5.30. The SMILES string of the molecule is O=S(=O)([O-])c1ccccc1.O=S(=O)([O-])c1ccccc1.O=S(=O)([O-])c1ccccc1.[Cr+3]. The Bertz CT molecular complexity index is 1070. The minimum Gasteiger partial charge on any atom is -0.744 e. The molecule has 0 saturated carbocycles. The van der Waals surface area contributed by atoms with Crippen LogP contribution < -0.4 is 0 Å². The number of benzene rings is 3. The molecule has 165 valence electrons. The van der Waals surface area contributed by atoms with Gasteiger partial charge in [-0.3, -0.25) is 0 Å². The molecular weight excluding hydrogens is 508 g/mol. The van der Waals surface area contributed by atoms with E-state index in [1.165, 1.54) is 72.8 Å². The Kier molecular flexibility index (Phi) is 11.8. The molecule has 13 heteroatoms. The van der Waals surface area contributed by atoms with Crippen molar-refractivity contribution in [2.45, 2.75) is 14.7 Å². The maximum atomic E-state index is 10.3. The second kappa shape index (κ2) is 12.7. The fourth-order valence-corrected chi connectivity index (χ4v) is 3.23. The van der Waals surface area contributed by atoms with Crippen LogP contribution in [0.25, 0.3) is 0 Å². The summed E-state index contributed by atoms with van der Waals surface area (Å²) in [7, 11) is -12.8. The fourth-order valence-electron chi connectivity index (χ4n) is 1.76. The Balaban J connectivity index is 0.000000429. The van der Waals surface area contributed by atoms with Gasteiger partial charge in [-0.1, -0.05) is 54.6 Å². The predicted molar refractivity (Wildman–Crippen MR) is 103 cm³/mol. The molecule has 0 saturated heterocycles. The van der Waals surface area contributed by atoms with E-state index < -0.39 is 30.4 Å².